The lowest BCUT2D eigenvalue weighted by molar-refractivity contribution is 0.103. The first-order valence-corrected chi connectivity index (χ1v) is 13.5. The molecule has 1 heterocycles. The van der Waals surface area contributed by atoms with E-state index in [0.717, 1.165) is 41.5 Å². The molecule has 0 aliphatic carbocycles. The number of rotatable bonds is 7. The van der Waals surface area contributed by atoms with E-state index in [2.05, 4.69) is 23.9 Å². The molecular formula is C32H35ClN2O6. The number of carbonyl (C=O) groups excluding carboxylic acids is 1. The van der Waals surface area contributed by atoms with Crippen molar-refractivity contribution in [1.29, 1.82) is 0 Å². The molecule has 0 fully saturated rings. The average molecular weight is 580 g/mol. The molecule has 0 saturated heterocycles. The topological polar surface area (TPSA) is 136 Å². The summed E-state index contributed by atoms with van der Waals surface area (Å²) in [5, 5.41) is 42.0. The molecule has 0 unspecified atom stereocenters. The van der Waals surface area contributed by atoms with Crippen molar-refractivity contribution in [3.05, 3.63) is 107 Å². The predicted octanol–water partition coefficient (Wildman–Crippen LogP) is 7.80. The highest BCUT2D eigenvalue weighted by Crippen LogP contribution is 2.35. The number of halogens is 1. The van der Waals surface area contributed by atoms with Gasteiger partial charge in [-0.25, -0.2) is 0 Å². The maximum Gasteiger partial charge on any atom is 0.196 e. The number of hydrogen-bond donors (Lipinski definition) is 5. The van der Waals surface area contributed by atoms with Crippen molar-refractivity contribution >= 4 is 28.5 Å². The highest BCUT2D eigenvalue weighted by atomic mass is 35.5. The number of phenols is 3. The van der Waals surface area contributed by atoms with Gasteiger partial charge in [0.2, 0.25) is 0 Å². The molecule has 0 amide bonds. The summed E-state index contributed by atoms with van der Waals surface area (Å²) in [4.78, 5) is 13.5. The van der Waals surface area contributed by atoms with Crippen LogP contribution in [0.15, 0.2) is 89.5 Å². The van der Waals surface area contributed by atoms with Gasteiger partial charge in [-0.15, -0.1) is 5.00 Å². The number of nitrogens with one attached hydrogen (secondary N) is 1. The first kappa shape index (κ1) is 31.2. The lowest BCUT2D eigenvalue weighted by atomic mass is 9.97. The molecule has 0 bridgehead atoms. The Labute approximate surface area is 245 Å². The number of benzene rings is 4. The molecule has 1 aromatic heterocycles. The van der Waals surface area contributed by atoms with E-state index >= 15 is 0 Å². The molecule has 0 saturated carbocycles. The number of aromatic hydroxyl groups is 3. The van der Waals surface area contributed by atoms with Crippen LogP contribution in [-0.2, 0) is 12.8 Å². The Morgan fingerprint density at radius 2 is 1.37 bits per heavy atom. The first-order chi connectivity index (χ1) is 19.9. The fourth-order valence-corrected chi connectivity index (χ4v) is 4.39. The van der Waals surface area contributed by atoms with Crippen LogP contribution in [0, 0.1) is 0 Å². The van der Waals surface area contributed by atoms with Crippen molar-refractivity contribution in [2.75, 3.05) is 0 Å². The number of aromatic nitrogens is 1. The molecule has 216 valence electrons. The summed E-state index contributed by atoms with van der Waals surface area (Å²) < 4.78 is 5.46. The van der Waals surface area contributed by atoms with Gasteiger partial charge in [-0.3, -0.25) is 4.79 Å². The third-order valence-electron chi connectivity index (χ3n) is 6.30. The maximum absolute atomic E-state index is 12.3. The van der Waals surface area contributed by atoms with Crippen LogP contribution in [0.1, 0.15) is 55.2 Å². The van der Waals surface area contributed by atoms with E-state index < -0.39 is 0 Å². The predicted molar refractivity (Wildman–Crippen MR) is 162 cm³/mol. The fraction of sp³-hybridized carbons (Fsp3) is 0.188. The summed E-state index contributed by atoms with van der Waals surface area (Å²) in [5.74, 6) is -0.0415. The number of phenolic OH excluding ortho intramolecular Hbond substituents is 3. The van der Waals surface area contributed by atoms with Gasteiger partial charge >= 0.3 is 0 Å². The third kappa shape index (κ3) is 7.64. The van der Waals surface area contributed by atoms with Gasteiger partial charge in [-0.1, -0.05) is 92.5 Å². The molecule has 8 nitrogen and oxygen atoms in total. The summed E-state index contributed by atoms with van der Waals surface area (Å²) in [5.41, 5.74) is 4.57. The number of hydrogen-bond acceptors (Lipinski definition) is 8. The smallest absolute Gasteiger partial charge is 0.196 e. The molecule has 5 rings (SSSR count). The Morgan fingerprint density at radius 1 is 0.829 bits per heavy atom. The average Bonchev–Trinajstić information content (AvgIpc) is 3.43. The zero-order valence-electron chi connectivity index (χ0n) is 22.8. The largest absolute Gasteiger partial charge is 0.508 e. The van der Waals surface area contributed by atoms with Crippen molar-refractivity contribution in [2.24, 2.45) is 0 Å². The van der Waals surface area contributed by atoms with Crippen LogP contribution in [0.3, 0.4) is 0 Å². The maximum atomic E-state index is 12.3. The summed E-state index contributed by atoms with van der Waals surface area (Å²) in [6.07, 6.45) is 3.05. The zero-order chi connectivity index (χ0) is 29.8. The number of ketones is 1. The van der Waals surface area contributed by atoms with Gasteiger partial charge in [0, 0.05) is 35.5 Å². The summed E-state index contributed by atoms with van der Waals surface area (Å²) in [7, 11) is 0. The van der Waals surface area contributed by atoms with Crippen LogP contribution in [0.5, 0.6) is 17.2 Å². The van der Waals surface area contributed by atoms with Crippen molar-refractivity contribution in [1.82, 2.24) is 10.2 Å². The van der Waals surface area contributed by atoms with Crippen LogP contribution in [-0.4, -0.2) is 31.5 Å². The number of aryl methyl sites for hydroxylation is 1. The van der Waals surface area contributed by atoms with Gasteiger partial charge in [-0.05, 0) is 37.1 Å². The molecule has 5 N–H and O–H groups in total. The molecule has 0 spiro atoms. The van der Waals surface area contributed by atoms with Crippen molar-refractivity contribution < 1.29 is 31.3 Å². The SMILES string of the molecule is CCCc1c(O)ccc(C(=O)c2ccccc2)c1O.CCCc1c(O)ccc2c(-c3ccccc3)noc12.ONCl.[2HH]. The van der Waals surface area contributed by atoms with E-state index in [4.69, 9.17) is 9.73 Å². The van der Waals surface area contributed by atoms with Crippen LogP contribution < -0.4 is 5.00 Å². The Hall–Kier alpha value is -4.37. The number of nitrogens with zero attached hydrogens (tertiary/aromatic N) is 1. The number of carbonyl (C=O) groups is 1. The van der Waals surface area contributed by atoms with Gasteiger partial charge in [0.1, 0.15) is 22.9 Å². The van der Waals surface area contributed by atoms with E-state index in [1.54, 1.807) is 30.3 Å². The second kappa shape index (κ2) is 15.4. The van der Waals surface area contributed by atoms with E-state index in [-0.39, 0.29) is 30.0 Å². The summed E-state index contributed by atoms with van der Waals surface area (Å²) in [6, 6.07) is 25.2. The Kier molecular flexibility index (Phi) is 11.7. The summed E-state index contributed by atoms with van der Waals surface area (Å²) in [6.45, 7) is 4.03. The molecular weight excluding hydrogens is 544 g/mol. The highest BCUT2D eigenvalue weighted by molar-refractivity contribution is 6.12. The standard InChI is InChI=1S/C16H15NO2.C16H16O3.ClH2NO.H2/c1-2-6-12-14(18)10-9-13-15(17-19-16(12)13)11-7-4-3-5-8-11;1-2-6-12-14(17)10-9-13(16(12)19)15(18)11-7-4-3-5-8-11;1-2-3;/h3-5,7-10,18H,2,6H2,1H3;3-5,7-10,17,19H,2,6H2,1H3;2-3H;1H/i;;;1+1. The molecule has 0 aliphatic heterocycles. The third-order valence-corrected chi connectivity index (χ3v) is 6.30. The molecule has 9 heteroatoms. The van der Waals surface area contributed by atoms with Crippen molar-refractivity contribution in [3.63, 3.8) is 0 Å². The molecule has 0 atom stereocenters. The first-order valence-electron chi connectivity index (χ1n) is 13.2. The van der Waals surface area contributed by atoms with E-state index in [1.807, 2.05) is 49.4 Å². The molecule has 41 heavy (non-hydrogen) atoms. The fourth-order valence-electron chi connectivity index (χ4n) is 4.39. The monoisotopic (exact) mass is 579 g/mol. The van der Waals surface area contributed by atoms with Crippen LogP contribution in [0.4, 0.5) is 0 Å². The van der Waals surface area contributed by atoms with Gasteiger partial charge < -0.3 is 25.0 Å². The van der Waals surface area contributed by atoms with Crippen LogP contribution >= 0.6 is 11.8 Å². The van der Waals surface area contributed by atoms with E-state index in [1.165, 1.54) is 17.1 Å². The Morgan fingerprint density at radius 3 is 1.98 bits per heavy atom. The van der Waals surface area contributed by atoms with E-state index in [9.17, 15) is 20.1 Å². The quantitative estimate of drug-likeness (QED) is 0.0748. The normalized spacial score (nSPS) is 10.3. The lowest BCUT2D eigenvalue weighted by Crippen LogP contribution is -2.03. The lowest BCUT2D eigenvalue weighted by Gasteiger charge is -2.10. The van der Waals surface area contributed by atoms with Gasteiger partial charge in [0.15, 0.2) is 11.4 Å². The molecule has 4 aromatic carbocycles. The van der Waals surface area contributed by atoms with Crippen LogP contribution in [0.2, 0.25) is 0 Å². The van der Waals surface area contributed by atoms with Crippen molar-refractivity contribution in [2.45, 2.75) is 39.5 Å². The van der Waals surface area contributed by atoms with Gasteiger partial charge in [0.25, 0.3) is 0 Å². The molecule has 5 aromatic rings. The minimum Gasteiger partial charge on any atom is -0.508 e. The van der Waals surface area contributed by atoms with Gasteiger partial charge in [-0.2, -0.15) is 0 Å². The second-order valence-electron chi connectivity index (χ2n) is 9.08. The van der Waals surface area contributed by atoms with E-state index in [0.29, 0.717) is 23.1 Å². The van der Waals surface area contributed by atoms with Crippen LogP contribution in [0.25, 0.3) is 22.2 Å². The second-order valence-corrected chi connectivity index (χ2v) is 9.25. The minimum atomic E-state index is -0.240. The number of fused-ring (bicyclic) bond motifs is 1. The van der Waals surface area contributed by atoms with Crippen molar-refractivity contribution in [3.8, 4) is 28.5 Å². The highest BCUT2D eigenvalue weighted by Gasteiger charge is 2.18. The Balaban J connectivity index is 0.000000263. The zero-order valence-corrected chi connectivity index (χ0v) is 23.6. The molecule has 0 aliphatic rings. The Bertz CT molecular complexity index is 1560. The minimum absolute atomic E-state index is 0. The van der Waals surface area contributed by atoms with Gasteiger partial charge in [0.05, 0.1) is 10.9 Å². The summed E-state index contributed by atoms with van der Waals surface area (Å²) >= 11 is 4.30. The molecule has 0 radical (unpaired) electrons.